The first kappa shape index (κ1) is 22.5. The second-order valence-corrected chi connectivity index (χ2v) is 8.78. The maximum absolute atomic E-state index is 12.2. The molecule has 158 valence electrons. The minimum Gasteiger partial charge on any atom is -0.493 e. The minimum absolute atomic E-state index is 0.0460. The SMILES string of the molecule is COc1cc(/C=N/N=C2\NC(=O)C(Cc3ccc(Cl)c(Cl)c3)S2)ccc1OC(C)C. The van der Waals surface area contributed by atoms with E-state index >= 15 is 0 Å². The number of amidine groups is 1. The summed E-state index contributed by atoms with van der Waals surface area (Å²) in [5.41, 5.74) is 1.73. The Morgan fingerprint density at radius 1 is 1.17 bits per heavy atom. The Morgan fingerprint density at radius 2 is 1.97 bits per heavy atom. The third-order valence-corrected chi connectivity index (χ3v) is 5.90. The van der Waals surface area contributed by atoms with Crippen LogP contribution in [0.25, 0.3) is 0 Å². The van der Waals surface area contributed by atoms with E-state index < -0.39 is 0 Å². The molecule has 1 N–H and O–H groups in total. The standard InChI is InChI=1S/C21H21Cl2N3O3S/c1-12(2)29-17-7-5-14(9-18(17)28-3)11-24-26-21-25-20(27)19(30-21)10-13-4-6-15(22)16(23)8-13/h4-9,11-12,19H,10H2,1-3H3,(H,25,26,27)/b24-11+. The zero-order chi connectivity index (χ0) is 21.7. The summed E-state index contributed by atoms with van der Waals surface area (Å²) in [6.45, 7) is 3.90. The van der Waals surface area contributed by atoms with Crippen LogP contribution in [0.4, 0.5) is 0 Å². The largest absolute Gasteiger partial charge is 0.493 e. The van der Waals surface area contributed by atoms with Gasteiger partial charge in [-0.15, -0.1) is 5.10 Å². The van der Waals surface area contributed by atoms with Crippen molar-refractivity contribution in [2.45, 2.75) is 31.6 Å². The quantitative estimate of drug-likeness (QED) is 0.463. The van der Waals surface area contributed by atoms with E-state index in [4.69, 9.17) is 32.7 Å². The predicted octanol–water partition coefficient (Wildman–Crippen LogP) is 4.95. The topological polar surface area (TPSA) is 72.3 Å². The molecule has 9 heteroatoms. The molecule has 1 amide bonds. The Morgan fingerprint density at radius 3 is 2.67 bits per heavy atom. The second kappa shape index (κ2) is 10.2. The molecule has 0 radical (unpaired) electrons. The smallest absolute Gasteiger partial charge is 0.239 e. The van der Waals surface area contributed by atoms with E-state index in [1.807, 2.05) is 38.1 Å². The van der Waals surface area contributed by atoms with Gasteiger partial charge in [0.15, 0.2) is 16.7 Å². The number of hydrogen-bond acceptors (Lipinski definition) is 6. The molecular formula is C21H21Cl2N3O3S. The van der Waals surface area contributed by atoms with Crippen molar-refractivity contribution >= 4 is 52.3 Å². The first-order chi connectivity index (χ1) is 14.4. The highest BCUT2D eigenvalue weighted by atomic mass is 35.5. The van der Waals surface area contributed by atoms with E-state index in [1.54, 1.807) is 25.5 Å². The molecule has 1 atom stereocenters. The van der Waals surface area contributed by atoms with Gasteiger partial charge in [-0.3, -0.25) is 4.79 Å². The number of rotatable bonds is 7. The fourth-order valence-electron chi connectivity index (χ4n) is 2.73. The number of nitrogens with one attached hydrogen (secondary N) is 1. The molecular weight excluding hydrogens is 445 g/mol. The van der Waals surface area contributed by atoms with Crippen LogP contribution < -0.4 is 14.8 Å². The number of methoxy groups -OCH3 is 1. The number of nitrogens with zero attached hydrogens (tertiary/aromatic N) is 2. The number of carbonyl (C=O) groups is 1. The van der Waals surface area contributed by atoms with E-state index in [-0.39, 0.29) is 17.3 Å². The molecule has 0 aromatic heterocycles. The fourth-order valence-corrected chi connectivity index (χ4v) is 4.02. The Kier molecular flexibility index (Phi) is 7.64. The lowest BCUT2D eigenvalue weighted by Gasteiger charge is -2.13. The average molecular weight is 466 g/mol. The third-order valence-electron chi connectivity index (χ3n) is 4.09. The molecule has 0 bridgehead atoms. The number of halogens is 2. The lowest BCUT2D eigenvalue weighted by atomic mass is 10.1. The highest BCUT2D eigenvalue weighted by Crippen LogP contribution is 2.29. The van der Waals surface area contributed by atoms with Gasteiger partial charge in [-0.1, -0.05) is 41.0 Å². The van der Waals surface area contributed by atoms with E-state index in [1.165, 1.54) is 11.8 Å². The summed E-state index contributed by atoms with van der Waals surface area (Å²) in [6, 6.07) is 10.8. The van der Waals surface area contributed by atoms with Crippen LogP contribution in [0.15, 0.2) is 46.6 Å². The van der Waals surface area contributed by atoms with Crippen molar-refractivity contribution in [2.75, 3.05) is 7.11 Å². The van der Waals surface area contributed by atoms with Crippen LogP contribution in [0.3, 0.4) is 0 Å². The van der Waals surface area contributed by atoms with Gasteiger partial charge in [0.05, 0.1) is 34.7 Å². The monoisotopic (exact) mass is 465 g/mol. The van der Waals surface area contributed by atoms with Gasteiger partial charge in [-0.25, -0.2) is 0 Å². The Labute approximate surface area is 189 Å². The molecule has 0 saturated carbocycles. The summed E-state index contributed by atoms with van der Waals surface area (Å²) in [5.74, 6) is 1.17. The zero-order valence-electron chi connectivity index (χ0n) is 16.7. The van der Waals surface area contributed by atoms with Crippen molar-refractivity contribution in [3.05, 3.63) is 57.6 Å². The van der Waals surface area contributed by atoms with E-state index in [0.717, 1.165) is 11.1 Å². The van der Waals surface area contributed by atoms with Gasteiger partial charge in [0.2, 0.25) is 5.91 Å². The molecule has 0 spiro atoms. The fraction of sp³-hybridized carbons (Fsp3) is 0.286. The summed E-state index contributed by atoms with van der Waals surface area (Å²) < 4.78 is 11.1. The molecule has 3 rings (SSSR count). The normalized spacial score (nSPS) is 17.7. The van der Waals surface area contributed by atoms with Crippen LogP contribution in [0.1, 0.15) is 25.0 Å². The van der Waals surface area contributed by atoms with Crippen LogP contribution in [0.2, 0.25) is 10.0 Å². The molecule has 6 nitrogen and oxygen atoms in total. The number of thioether (sulfide) groups is 1. The number of benzene rings is 2. The average Bonchev–Trinajstić information content (AvgIpc) is 3.04. The maximum atomic E-state index is 12.2. The molecule has 2 aromatic carbocycles. The number of ether oxygens (including phenoxy) is 2. The van der Waals surface area contributed by atoms with Gasteiger partial charge < -0.3 is 14.8 Å². The van der Waals surface area contributed by atoms with Gasteiger partial charge >= 0.3 is 0 Å². The van der Waals surface area contributed by atoms with Crippen molar-refractivity contribution in [3.63, 3.8) is 0 Å². The highest BCUT2D eigenvalue weighted by Gasteiger charge is 2.30. The Hall–Kier alpha value is -2.22. The maximum Gasteiger partial charge on any atom is 0.239 e. The first-order valence-corrected chi connectivity index (χ1v) is 10.9. The van der Waals surface area contributed by atoms with Gasteiger partial charge in [-0.2, -0.15) is 5.10 Å². The van der Waals surface area contributed by atoms with Crippen LogP contribution in [-0.2, 0) is 11.2 Å². The first-order valence-electron chi connectivity index (χ1n) is 9.23. The minimum atomic E-state index is -0.302. The van der Waals surface area contributed by atoms with Crippen molar-refractivity contribution in [3.8, 4) is 11.5 Å². The molecule has 30 heavy (non-hydrogen) atoms. The molecule has 2 aromatic rings. The summed E-state index contributed by atoms with van der Waals surface area (Å²) in [4.78, 5) is 12.2. The molecule has 1 saturated heterocycles. The molecule has 1 unspecified atom stereocenters. The van der Waals surface area contributed by atoms with Crippen LogP contribution in [-0.4, -0.2) is 35.8 Å². The number of amides is 1. The van der Waals surface area contributed by atoms with Gasteiger partial charge in [0.25, 0.3) is 0 Å². The molecule has 1 heterocycles. The summed E-state index contributed by atoms with van der Waals surface area (Å²) in [5, 5.41) is 12.1. The van der Waals surface area contributed by atoms with Crippen molar-refractivity contribution < 1.29 is 14.3 Å². The predicted molar refractivity (Wildman–Crippen MR) is 123 cm³/mol. The van der Waals surface area contributed by atoms with Crippen LogP contribution in [0.5, 0.6) is 11.5 Å². The van der Waals surface area contributed by atoms with Crippen molar-refractivity contribution in [1.82, 2.24) is 5.32 Å². The lowest BCUT2D eigenvalue weighted by Crippen LogP contribution is -2.25. The second-order valence-electron chi connectivity index (χ2n) is 6.77. The number of hydrogen-bond donors (Lipinski definition) is 1. The zero-order valence-corrected chi connectivity index (χ0v) is 19.0. The lowest BCUT2D eigenvalue weighted by molar-refractivity contribution is -0.118. The highest BCUT2D eigenvalue weighted by molar-refractivity contribution is 8.15. The van der Waals surface area contributed by atoms with Crippen molar-refractivity contribution in [2.24, 2.45) is 10.2 Å². The van der Waals surface area contributed by atoms with E-state index in [9.17, 15) is 4.79 Å². The Bertz CT molecular complexity index is 995. The summed E-state index contributed by atoms with van der Waals surface area (Å²) >= 11 is 13.3. The van der Waals surface area contributed by atoms with E-state index in [0.29, 0.717) is 33.1 Å². The van der Waals surface area contributed by atoms with Crippen LogP contribution in [0, 0.1) is 0 Å². The number of carbonyl (C=O) groups excluding carboxylic acids is 1. The summed E-state index contributed by atoms with van der Waals surface area (Å²) in [7, 11) is 1.59. The Balaban J connectivity index is 1.64. The summed E-state index contributed by atoms with van der Waals surface area (Å²) in [6.07, 6.45) is 2.16. The van der Waals surface area contributed by atoms with Gasteiger partial charge in [0.1, 0.15) is 0 Å². The molecule has 0 aliphatic carbocycles. The van der Waals surface area contributed by atoms with Crippen molar-refractivity contribution in [1.29, 1.82) is 0 Å². The van der Waals surface area contributed by atoms with Gasteiger partial charge in [0, 0.05) is 0 Å². The van der Waals surface area contributed by atoms with E-state index in [2.05, 4.69) is 15.5 Å². The van der Waals surface area contributed by atoms with Gasteiger partial charge in [-0.05, 0) is 61.7 Å². The third kappa shape index (κ3) is 5.90. The van der Waals surface area contributed by atoms with Crippen LogP contribution >= 0.6 is 35.0 Å². The molecule has 1 aliphatic rings. The molecule has 1 aliphatic heterocycles. The molecule has 1 fully saturated rings.